The van der Waals surface area contributed by atoms with Gasteiger partial charge in [-0.25, -0.2) is 0 Å². The van der Waals surface area contributed by atoms with Crippen LogP contribution in [0.25, 0.3) is 10.9 Å². The van der Waals surface area contributed by atoms with E-state index in [2.05, 4.69) is 0 Å². The van der Waals surface area contributed by atoms with Crippen LogP contribution in [0.15, 0.2) is 46.6 Å². The summed E-state index contributed by atoms with van der Waals surface area (Å²) >= 11 is 1.41. The van der Waals surface area contributed by atoms with Crippen LogP contribution in [0.1, 0.15) is 41.4 Å². The van der Waals surface area contributed by atoms with E-state index in [1.165, 1.54) is 11.3 Å². The van der Waals surface area contributed by atoms with Crippen molar-refractivity contribution in [2.45, 2.75) is 31.7 Å². The third kappa shape index (κ3) is 3.46. The van der Waals surface area contributed by atoms with Gasteiger partial charge in [0.05, 0.1) is 15.3 Å². The molecule has 1 saturated heterocycles. The van der Waals surface area contributed by atoms with Crippen molar-refractivity contribution in [3.8, 4) is 0 Å². The van der Waals surface area contributed by atoms with Gasteiger partial charge in [-0.05, 0) is 30.4 Å². The molecule has 2 fully saturated rings. The average molecular weight is 453 g/mol. The van der Waals surface area contributed by atoms with E-state index < -0.39 is 10.5 Å². The number of piperazine rings is 1. The lowest BCUT2D eigenvalue weighted by atomic mass is 10.1. The lowest BCUT2D eigenvalue weighted by Crippen LogP contribution is -2.49. The number of fused-ring (bicyclic) bond motifs is 1. The fourth-order valence-corrected chi connectivity index (χ4v) is 5.73. The second-order valence-electron chi connectivity index (χ2n) is 8.34. The summed E-state index contributed by atoms with van der Waals surface area (Å²) in [6.45, 7) is 1.78. The Morgan fingerprint density at radius 1 is 1.03 bits per heavy atom. The Hall–Kier alpha value is -3.20. The van der Waals surface area contributed by atoms with E-state index in [-0.39, 0.29) is 17.6 Å². The van der Waals surface area contributed by atoms with E-state index >= 15 is 0 Å². The predicted molar refractivity (Wildman–Crippen MR) is 125 cm³/mol. The maximum Gasteiger partial charge on any atom is 0.357 e. The molecule has 1 aliphatic heterocycles. The Morgan fingerprint density at radius 2 is 1.75 bits per heavy atom. The van der Waals surface area contributed by atoms with Gasteiger partial charge in [-0.15, -0.1) is 11.3 Å². The summed E-state index contributed by atoms with van der Waals surface area (Å²) < 4.78 is 1.65. The van der Waals surface area contributed by atoms with Gasteiger partial charge in [0.25, 0.3) is 5.91 Å². The number of amides is 1. The number of hydrogen-bond acceptors (Lipinski definition) is 6. The highest BCUT2D eigenvalue weighted by Gasteiger charge is 2.34. The van der Waals surface area contributed by atoms with Crippen LogP contribution in [0.3, 0.4) is 0 Å². The third-order valence-electron chi connectivity index (χ3n) is 6.55. The van der Waals surface area contributed by atoms with Crippen LogP contribution in [0.4, 0.5) is 11.4 Å². The van der Waals surface area contributed by atoms with Gasteiger partial charge in [-0.1, -0.05) is 37.1 Å². The van der Waals surface area contributed by atoms with E-state index in [1.54, 1.807) is 15.5 Å². The van der Waals surface area contributed by atoms with Crippen LogP contribution in [0, 0.1) is 10.1 Å². The molecule has 0 spiro atoms. The number of para-hydroxylation sites is 1. The smallest absolute Gasteiger partial charge is 0.357 e. The molecule has 3 aromatic rings. The maximum absolute atomic E-state index is 13.4. The number of rotatable bonds is 4. The van der Waals surface area contributed by atoms with Gasteiger partial charge in [0.15, 0.2) is 0 Å². The number of carbonyl (C=O) groups is 1. The first-order valence-electron chi connectivity index (χ1n) is 11.0. The van der Waals surface area contributed by atoms with E-state index in [0.717, 1.165) is 36.6 Å². The van der Waals surface area contributed by atoms with Crippen LogP contribution in [0.2, 0.25) is 0 Å². The van der Waals surface area contributed by atoms with Crippen molar-refractivity contribution in [2.24, 2.45) is 0 Å². The largest absolute Gasteiger partial charge is 0.362 e. The topological polar surface area (TPSA) is 88.7 Å². The van der Waals surface area contributed by atoms with Crippen LogP contribution < -0.4 is 10.5 Å². The minimum atomic E-state index is -0.529. The Labute approximate surface area is 188 Å². The fraction of sp³-hybridized carbons (Fsp3) is 0.391. The summed E-state index contributed by atoms with van der Waals surface area (Å²) in [4.78, 5) is 42.1. The summed E-state index contributed by atoms with van der Waals surface area (Å²) in [5.74, 6) is -0.0179. The van der Waals surface area contributed by atoms with Crippen LogP contribution in [-0.2, 0) is 0 Å². The van der Waals surface area contributed by atoms with E-state index in [9.17, 15) is 19.7 Å². The van der Waals surface area contributed by atoms with Gasteiger partial charge in [-0.2, -0.15) is 0 Å². The highest BCUT2D eigenvalue weighted by Crippen LogP contribution is 2.38. The van der Waals surface area contributed by atoms with Gasteiger partial charge in [-0.3, -0.25) is 24.3 Å². The molecule has 0 N–H and O–H groups in total. The molecule has 3 heterocycles. The zero-order valence-electron chi connectivity index (χ0n) is 17.6. The third-order valence-corrected chi connectivity index (χ3v) is 7.41. The Balaban J connectivity index is 1.55. The molecule has 0 unspecified atom stereocenters. The monoisotopic (exact) mass is 452 g/mol. The van der Waals surface area contributed by atoms with E-state index in [0.29, 0.717) is 36.7 Å². The molecular weight excluding hydrogens is 428 g/mol. The molecule has 1 aromatic carbocycles. The molecule has 9 heteroatoms. The number of nitro groups is 1. The van der Waals surface area contributed by atoms with Gasteiger partial charge < -0.3 is 9.80 Å². The van der Waals surface area contributed by atoms with Crippen LogP contribution >= 0.6 is 11.3 Å². The van der Waals surface area contributed by atoms with Crippen molar-refractivity contribution in [1.82, 2.24) is 9.47 Å². The second-order valence-corrected chi connectivity index (χ2v) is 9.29. The molecule has 2 aromatic heterocycles. The van der Waals surface area contributed by atoms with Crippen molar-refractivity contribution in [1.29, 1.82) is 0 Å². The average Bonchev–Trinajstić information content (AvgIpc) is 3.52. The molecular formula is C23H24N4O4S. The lowest BCUT2D eigenvalue weighted by molar-refractivity contribution is -0.385. The summed E-state index contributed by atoms with van der Waals surface area (Å²) in [5, 5.41) is 14.7. The Bertz CT molecular complexity index is 1220. The summed E-state index contributed by atoms with van der Waals surface area (Å²) in [6, 6.07) is 11.1. The van der Waals surface area contributed by atoms with Gasteiger partial charge in [0.1, 0.15) is 5.69 Å². The predicted octanol–water partition coefficient (Wildman–Crippen LogP) is 4.05. The highest BCUT2D eigenvalue weighted by atomic mass is 32.1. The normalized spacial score (nSPS) is 17.2. The summed E-state index contributed by atoms with van der Waals surface area (Å²) in [6.07, 6.45) is 3.79. The molecule has 5 rings (SSSR count). The number of pyridine rings is 1. The molecule has 32 heavy (non-hydrogen) atoms. The number of nitrogens with zero attached hydrogens (tertiary/aromatic N) is 4. The van der Waals surface area contributed by atoms with Gasteiger partial charge >= 0.3 is 11.2 Å². The number of carbonyl (C=O) groups excluding carboxylic acids is 1. The van der Waals surface area contributed by atoms with Crippen molar-refractivity contribution >= 4 is 39.5 Å². The number of benzene rings is 1. The molecule has 1 amide bonds. The number of thiophene rings is 1. The first kappa shape index (κ1) is 20.7. The molecule has 0 bridgehead atoms. The Kier molecular flexibility index (Phi) is 5.42. The van der Waals surface area contributed by atoms with Gasteiger partial charge in [0.2, 0.25) is 0 Å². The van der Waals surface area contributed by atoms with E-state index in [1.807, 2.05) is 40.6 Å². The molecule has 1 saturated carbocycles. The number of hydrogen-bond donors (Lipinski definition) is 0. The van der Waals surface area contributed by atoms with Crippen LogP contribution in [0.5, 0.6) is 0 Å². The van der Waals surface area contributed by atoms with Crippen molar-refractivity contribution in [3.63, 3.8) is 0 Å². The SMILES string of the molecule is O=C(c1cccs1)N1CCN(c2c([N+](=O)[O-])c(=O)n(C3CCCC3)c3ccccc23)CC1. The molecule has 0 atom stereocenters. The fourth-order valence-electron chi connectivity index (χ4n) is 5.04. The summed E-state index contributed by atoms with van der Waals surface area (Å²) in [7, 11) is 0. The molecule has 166 valence electrons. The molecule has 0 radical (unpaired) electrons. The number of aromatic nitrogens is 1. The quantitative estimate of drug-likeness (QED) is 0.440. The first-order valence-corrected chi connectivity index (χ1v) is 11.8. The molecule has 1 aliphatic carbocycles. The standard InChI is InChI=1S/C23H24N4O4S/c28-22(19-10-5-15-32-19)25-13-11-24(12-14-25)20-17-8-3-4-9-18(17)26(16-6-1-2-7-16)23(29)21(20)27(30)31/h3-5,8-10,15-16H,1-2,6-7,11-14H2. The Morgan fingerprint density at radius 3 is 2.41 bits per heavy atom. The molecule has 8 nitrogen and oxygen atoms in total. The van der Waals surface area contributed by atoms with Crippen molar-refractivity contribution < 1.29 is 9.72 Å². The zero-order valence-corrected chi connectivity index (χ0v) is 18.4. The minimum Gasteiger partial charge on any atom is -0.362 e. The molecule has 2 aliphatic rings. The van der Waals surface area contributed by atoms with E-state index in [4.69, 9.17) is 0 Å². The summed E-state index contributed by atoms with van der Waals surface area (Å²) in [5.41, 5.74) is 0.261. The van der Waals surface area contributed by atoms with Gasteiger partial charge in [0, 0.05) is 37.6 Å². The first-order chi connectivity index (χ1) is 15.6. The highest BCUT2D eigenvalue weighted by molar-refractivity contribution is 7.12. The maximum atomic E-state index is 13.4. The minimum absolute atomic E-state index is 0.000384. The zero-order chi connectivity index (χ0) is 22.2. The van der Waals surface area contributed by atoms with Crippen LogP contribution in [-0.4, -0.2) is 46.5 Å². The second kappa shape index (κ2) is 8.38. The van der Waals surface area contributed by atoms with Crippen molar-refractivity contribution in [3.05, 3.63) is 67.1 Å². The number of anilines is 1. The lowest BCUT2D eigenvalue weighted by Gasteiger charge is -2.36. The van der Waals surface area contributed by atoms with Crippen molar-refractivity contribution in [2.75, 3.05) is 31.1 Å².